The molecule has 0 saturated carbocycles. The molecule has 0 saturated heterocycles. The maximum atomic E-state index is 12.2. The van der Waals surface area contributed by atoms with Gasteiger partial charge in [0.25, 0.3) is 5.91 Å². The van der Waals surface area contributed by atoms with E-state index in [1.807, 2.05) is 35.0 Å². The second-order valence-electron chi connectivity index (χ2n) is 4.60. The van der Waals surface area contributed by atoms with Gasteiger partial charge in [0.2, 0.25) is 0 Å². The Balaban J connectivity index is 1.75. The van der Waals surface area contributed by atoms with Gasteiger partial charge in [-0.25, -0.2) is 4.98 Å². The van der Waals surface area contributed by atoms with E-state index in [0.717, 1.165) is 5.69 Å². The van der Waals surface area contributed by atoms with E-state index in [2.05, 4.69) is 10.3 Å². The van der Waals surface area contributed by atoms with Crippen LogP contribution in [0.2, 0.25) is 10.0 Å². The number of benzene rings is 2. The molecule has 1 N–H and O–H groups in total. The smallest absolute Gasteiger partial charge is 0.255 e. The van der Waals surface area contributed by atoms with Crippen molar-refractivity contribution in [3.8, 4) is 5.69 Å². The average Bonchev–Trinajstić information content (AvgIpc) is 3.05. The Morgan fingerprint density at radius 3 is 2.45 bits per heavy atom. The second-order valence-corrected chi connectivity index (χ2v) is 5.41. The number of amides is 1. The molecule has 0 unspecified atom stereocenters. The van der Waals surface area contributed by atoms with E-state index in [-0.39, 0.29) is 5.91 Å². The predicted molar refractivity (Wildman–Crippen MR) is 88.0 cm³/mol. The Morgan fingerprint density at radius 2 is 1.82 bits per heavy atom. The van der Waals surface area contributed by atoms with Crippen LogP contribution in [0, 0.1) is 0 Å². The number of carbonyl (C=O) groups excluding carboxylic acids is 1. The number of nitrogens with zero attached hydrogens (tertiary/aromatic N) is 2. The number of hydrogen-bond donors (Lipinski definition) is 1. The van der Waals surface area contributed by atoms with Gasteiger partial charge in [0.05, 0.1) is 16.4 Å². The zero-order valence-electron chi connectivity index (χ0n) is 11.3. The van der Waals surface area contributed by atoms with Crippen LogP contribution in [0.4, 0.5) is 5.69 Å². The van der Waals surface area contributed by atoms with Crippen LogP contribution < -0.4 is 5.32 Å². The van der Waals surface area contributed by atoms with Crippen molar-refractivity contribution in [3.05, 3.63) is 76.8 Å². The third kappa shape index (κ3) is 3.13. The van der Waals surface area contributed by atoms with Crippen LogP contribution >= 0.6 is 23.2 Å². The molecule has 0 fully saturated rings. The lowest BCUT2D eigenvalue weighted by Crippen LogP contribution is -2.11. The van der Waals surface area contributed by atoms with Crippen molar-refractivity contribution < 1.29 is 4.79 Å². The fraction of sp³-hybridized carbons (Fsp3) is 0. The fourth-order valence-electron chi connectivity index (χ4n) is 1.97. The molecule has 4 nitrogen and oxygen atoms in total. The molecule has 0 aliphatic heterocycles. The van der Waals surface area contributed by atoms with Crippen molar-refractivity contribution >= 4 is 34.8 Å². The van der Waals surface area contributed by atoms with E-state index in [1.165, 1.54) is 0 Å². The summed E-state index contributed by atoms with van der Waals surface area (Å²) in [7, 11) is 0. The molecule has 0 aliphatic carbocycles. The van der Waals surface area contributed by atoms with Crippen molar-refractivity contribution in [3.63, 3.8) is 0 Å². The Hall–Kier alpha value is -2.30. The zero-order valence-corrected chi connectivity index (χ0v) is 12.8. The molecule has 2 aromatic carbocycles. The van der Waals surface area contributed by atoms with E-state index >= 15 is 0 Å². The maximum absolute atomic E-state index is 12.2. The SMILES string of the molecule is O=C(Nc1ccc(-n2ccnc2)cc1)c1ccc(Cl)c(Cl)c1. The lowest BCUT2D eigenvalue weighted by Gasteiger charge is -2.08. The van der Waals surface area contributed by atoms with E-state index in [4.69, 9.17) is 23.2 Å². The molecule has 22 heavy (non-hydrogen) atoms. The van der Waals surface area contributed by atoms with Gasteiger partial charge in [0, 0.05) is 29.3 Å². The highest BCUT2D eigenvalue weighted by Gasteiger charge is 2.08. The summed E-state index contributed by atoms with van der Waals surface area (Å²) in [4.78, 5) is 16.2. The van der Waals surface area contributed by atoms with Gasteiger partial charge in [-0.15, -0.1) is 0 Å². The molecule has 0 bridgehead atoms. The average molecular weight is 332 g/mol. The number of rotatable bonds is 3. The number of imidazole rings is 1. The summed E-state index contributed by atoms with van der Waals surface area (Å²) in [5.41, 5.74) is 2.11. The molecule has 0 aliphatic rings. The van der Waals surface area contributed by atoms with Crippen molar-refractivity contribution in [2.24, 2.45) is 0 Å². The molecule has 3 aromatic rings. The van der Waals surface area contributed by atoms with E-state index in [9.17, 15) is 4.79 Å². The van der Waals surface area contributed by atoms with Crippen LogP contribution in [-0.2, 0) is 0 Å². The van der Waals surface area contributed by atoms with Crippen molar-refractivity contribution in [2.75, 3.05) is 5.32 Å². The van der Waals surface area contributed by atoms with Crippen molar-refractivity contribution in [1.82, 2.24) is 9.55 Å². The van der Waals surface area contributed by atoms with Crippen LogP contribution in [0.3, 0.4) is 0 Å². The lowest BCUT2D eigenvalue weighted by molar-refractivity contribution is 0.102. The summed E-state index contributed by atoms with van der Waals surface area (Å²) in [6.07, 6.45) is 5.27. The number of nitrogens with one attached hydrogen (secondary N) is 1. The Labute approximate surface area is 137 Å². The first kappa shape index (κ1) is 14.6. The minimum atomic E-state index is -0.242. The molecule has 0 spiro atoms. The zero-order chi connectivity index (χ0) is 15.5. The van der Waals surface area contributed by atoms with Crippen LogP contribution in [-0.4, -0.2) is 15.5 Å². The number of aromatic nitrogens is 2. The van der Waals surface area contributed by atoms with Gasteiger partial charge in [-0.2, -0.15) is 0 Å². The van der Waals surface area contributed by atoms with Gasteiger partial charge >= 0.3 is 0 Å². The standard InChI is InChI=1S/C16H11Cl2N3O/c17-14-6-1-11(9-15(14)18)16(22)20-12-2-4-13(5-3-12)21-8-7-19-10-21/h1-10H,(H,20,22). The molecule has 1 heterocycles. The largest absolute Gasteiger partial charge is 0.322 e. The summed E-state index contributed by atoms with van der Waals surface area (Å²) in [5, 5.41) is 3.58. The normalized spacial score (nSPS) is 10.5. The number of anilines is 1. The molecule has 6 heteroatoms. The van der Waals surface area contributed by atoms with E-state index < -0.39 is 0 Å². The van der Waals surface area contributed by atoms with Gasteiger partial charge in [-0.05, 0) is 42.5 Å². The first-order valence-electron chi connectivity index (χ1n) is 6.48. The highest BCUT2D eigenvalue weighted by molar-refractivity contribution is 6.42. The Kier molecular flexibility index (Phi) is 4.13. The van der Waals surface area contributed by atoms with Gasteiger partial charge in [-0.3, -0.25) is 4.79 Å². The minimum absolute atomic E-state index is 0.242. The quantitative estimate of drug-likeness (QED) is 0.771. The van der Waals surface area contributed by atoms with Gasteiger partial charge in [-0.1, -0.05) is 23.2 Å². The Morgan fingerprint density at radius 1 is 1.05 bits per heavy atom. The third-order valence-corrected chi connectivity index (χ3v) is 3.85. The molecule has 110 valence electrons. The lowest BCUT2D eigenvalue weighted by atomic mass is 10.2. The van der Waals surface area contributed by atoms with Gasteiger partial charge < -0.3 is 9.88 Å². The highest BCUT2D eigenvalue weighted by Crippen LogP contribution is 2.23. The summed E-state index contributed by atoms with van der Waals surface area (Å²) in [5.74, 6) is -0.242. The first-order valence-corrected chi connectivity index (χ1v) is 7.24. The highest BCUT2D eigenvalue weighted by atomic mass is 35.5. The predicted octanol–water partition coefficient (Wildman–Crippen LogP) is 4.43. The third-order valence-electron chi connectivity index (χ3n) is 3.11. The molecule has 1 aromatic heterocycles. The maximum Gasteiger partial charge on any atom is 0.255 e. The summed E-state index contributed by atoms with van der Waals surface area (Å²) < 4.78 is 1.88. The van der Waals surface area contributed by atoms with Gasteiger partial charge in [0.1, 0.15) is 0 Å². The van der Waals surface area contributed by atoms with Crippen LogP contribution in [0.15, 0.2) is 61.2 Å². The Bertz CT molecular complexity index is 799. The van der Waals surface area contributed by atoms with Crippen molar-refractivity contribution in [1.29, 1.82) is 0 Å². The van der Waals surface area contributed by atoms with Crippen LogP contribution in [0.25, 0.3) is 5.69 Å². The van der Waals surface area contributed by atoms with Crippen molar-refractivity contribution in [2.45, 2.75) is 0 Å². The molecule has 3 rings (SSSR count). The molecule has 0 atom stereocenters. The molecular weight excluding hydrogens is 321 g/mol. The van der Waals surface area contributed by atoms with E-state index in [1.54, 1.807) is 30.7 Å². The summed E-state index contributed by atoms with van der Waals surface area (Å²) >= 11 is 11.8. The van der Waals surface area contributed by atoms with E-state index in [0.29, 0.717) is 21.3 Å². The van der Waals surface area contributed by atoms with Crippen LogP contribution in [0.5, 0.6) is 0 Å². The summed E-state index contributed by atoms with van der Waals surface area (Å²) in [6.45, 7) is 0. The monoisotopic (exact) mass is 331 g/mol. The first-order chi connectivity index (χ1) is 10.6. The van der Waals surface area contributed by atoms with Gasteiger partial charge in [0.15, 0.2) is 0 Å². The fourth-order valence-corrected chi connectivity index (χ4v) is 2.27. The minimum Gasteiger partial charge on any atom is -0.322 e. The number of carbonyl (C=O) groups is 1. The molecule has 1 amide bonds. The molecular formula is C16H11Cl2N3O. The molecule has 0 radical (unpaired) electrons. The topological polar surface area (TPSA) is 46.9 Å². The number of hydrogen-bond acceptors (Lipinski definition) is 2. The van der Waals surface area contributed by atoms with Crippen LogP contribution in [0.1, 0.15) is 10.4 Å². The number of halogens is 2. The summed E-state index contributed by atoms with van der Waals surface area (Å²) in [6, 6.07) is 12.2. The second kappa shape index (κ2) is 6.22.